The third-order valence-electron chi connectivity index (χ3n) is 3.97. The number of nitrogens with one attached hydrogen (secondary N) is 1. The minimum Gasteiger partial charge on any atom is -0.374 e. The molecular formula is C18H23IN4. The Kier molecular flexibility index (Phi) is 6.27. The largest absolute Gasteiger partial charge is 0.374 e. The number of rotatable bonds is 3. The van der Waals surface area contributed by atoms with Crippen molar-refractivity contribution in [2.24, 2.45) is 10.7 Å². The number of halogens is 1. The molecule has 1 aliphatic rings. The van der Waals surface area contributed by atoms with Crippen molar-refractivity contribution in [1.82, 2.24) is 0 Å². The molecule has 1 aliphatic heterocycles. The van der Waals surface area contributed by atoms with E-state index in [2.05, 4.69) is 40.5 Å². The van der Waals surface area contributed by atoms with Gasteiger partial charge in [-0.2, -0.15) is 0 Å². The molecule has 3 N–H and O–H groups in total. The highest BCUT2D eigenvalue weighted by molar-refractivity contribution is 14.0. The fraction of sp³-hybridized carbons (Fsp3) is 0.278. The fourth-order valence-corrected chi connectivity index (χ4v) is 2.82. The molecular weight excluding hydrogens is 399 g/mol. The smallest absolute Gasteiger partial charge is 0.193 e. The van der Waals surface area contributed by atoms with E-state index < -0.39 is 0 Å². The minimum absolute atomic E-state index is 0. The van der Waals surface area contributed by atoms with E-state index in [1.54, 1.807) is 0 Å². The first-order valence-electron chi connectivity index (χ1n) is 7.67. The zero-order valence-corrected chi connectivity index (χ0v) is 15.7. The van der Waals surface area contributed by atoms with Crippen molar-refractivity contribution in [3.8, 4) is 0 Å². The summed E-state index contributed by atoms with van der Waals surface area (Å²) < 4.78 is 0. The van der Waals surface area contributed by atoms with E-state index in [0.29, 0.717) is 12.5 Å². The Balaban J connectivity index is 0.00000192. The summed E-state index contributed by atoms with van der Waals surface area (Å²) in [7, 11) is 2.15. The number of anilines is 2. The average molecular weight is 422 g/mol. The van der Waals surface area contributed by atoms with Gasteiger partial charge in [0.25, 0.3) is 0 Å². The molecule has 1 heterocycles. The lowest BCUT2D eigenvalue weighted by atomic mass is 10.00. The van der Waals surface area contributed by atoms with Gasteiger partial charge < -0.3 is 16.0 Å². The number of aliphatic imine (C=N–C) groups is 1. The van der Waals surface area contributed by atoms with Crippen molar-refractivity contribution in [2.75, 3.05) is 23.8 Å². The van der Waals surface area contributed by atoms with E-state index in [1.807, 2.05) is 30.3 Å². The van der Waals surface area contributed by atoms with Gasteiger partial charge in [-0.25, -0.2) is 4.99 Å². The maximum absolute atomic E-state index is 5.94. The Labute approximate surface area is 154 Å². The monoisotopic (exact) mass is 422 g/mol. The number of hydrogen-bond acceptors (Lipinski definition) is 2. The van der Waals surface area contributed by atoms with E-state index in [1.165, 1.54) is 23.2 Å². The molecule has 0 saturated carbocycles. The summed E-state index contributed by atoms with van der Waals surface area (Å²) in [6.45, 7) is 1.74. The Bertz CT molecular complexity index is 670. The molecule has 0 unspecified atom stereocenters. The van der Waals surface area contributed by atoms with Crippen LogP contribution in [-0.4, -0.2) is 19.6 Å². The molecule has 0 radical (unpaired) electrons. The predicted octanol–water partition coefficient (Wildman–Crippen LogP) is 3.61. The lowest BCUT2D eigenvalue weighted by Gasteiger charge is -2.27. The Morgan fingerprint density at radius 3 is 2.78 bits per heavy atom. The van der Waals surface area contributed by atoms with Crippen molar-refractivity contribution in [3.63, 3.8) is 0 Å². The summed E-state index contributed by atoms with van der Waals surface area (Å²) in [4.78, 5) is 6.74. The van der Waals surface area contributed by atoms with Crippen molar-refractivity contribution >= 4 is 41.3 Å². The van der Waals surface area contributed by atoms with Crippen molar-refractivity contribution in [1.29, 1.82) is 0 Å². The van der Waals surface area contributed by atoms with E-state index in [9.17, 15) is 0 Å². The van der Waals surface area contributed by atoms with E-state index in [-0.39, 0.29) is 24.0 Å². The Morgan fingerprint density at radius 2 is 2.00 bits per heavy atom. The van der Waals surface area contributed by atoms with Crippen LogP contribution in [0, 0.1) is 0 Å². The molecule has 5 heteroatoms. The lowest BCUT2D eigenvalue weighted by molar-refractivity contribution is 0.743. The maximum atomic E-state index is 5.94. The molecule has 0 amide bonds. The van der Waals surface area contributed by atoms with Gasteiger partial charge in [0.1, 0.15) is 0 Å². The van der Waals surface area contributed by atoms with E-state index >= 15 is 0 Å². The highest BCUT2D eigenvalue weighted by Crippen LogP contribution is 2.26. The summed E-state index contributed by atoms with van der Waals surface area (Å²) in [6.07, 6.45) is 2.36. The molecule has 0 aliphatic carbocycles. The van der Waals surface area contributed by atoms with Crippen molar-refractivity contribution in [3.05, 3.63) is 59.7 Å². The first kappa shape index (κ1) is 17.6. The van der Waals surface area contributed by atoms with E-state index in [0.717, 1.165) is 18.7 Å². The molecule has 3 rings (SSSR count). The number of nitrogens with two attached hydrogens (primary N) is 1. The molecule has 0 atom stereocenters. The third-order valence-corrected chi connectivity index (χ3v) is 3.97. The van der Waals surface area contributed by atoms with Gasteiger partial charge >= 0.3 is 0 Å². The van der Waals surface area contributed by atoms with Gasteiger partial charge in [-0.3, -0.25) is 0 Å². The topological polar surface area (TPSA) is 53.6 Å². The van der Waals surface area contributed by atoms with Crippen LogP contribution in [-0.2, 0) is 13.0 Å². The molecule has 23 heavy (non-hydrogen) atoms. The second-order valence-electron chi connectivity index (χ2n) is 5.68. The third kappa shape index (κ3) is 4.60. The summed E-state index contributed by atoms with van der Waals surface area (Å²) in [6, 6.07) is 16.4. The number of para-hydroxylation sites is 1. The summed E-state index contributed by atoms with van der Waals surface area (Å²) in [5, 5.41) is 3.10. The van der Waals surface area contributed by atoms with Gasteiger partial charge in [0.05, 0.1) is 6.54 Å². The normalized spacial score (nSPS) is 14.0. The van der Waals surface area contributed by atoms with Crippen LogP contribution in [0.4, 0.5) is 11.4 Å². The van der Waals surface area contributed by atoms with Crippen molar-refractivity contribution < 1.29 is 0 Å². The van der Waals surface area contributed by atoms with Crippen LogP contribution in [0.1, 0.15) is 17.5 Å². The Hall–Kier alpha value is -1.76. The zero-order chi connectivity index (χ0) is 15.4. The molecule has 4 nitrogen and oxygen atoms in total. The van der Waals surface area contributed by atoms with Crippen LogP contribution >= 0.6 is 24.0 Å². The van der Waals surface area contributed by atoms with Gasteiger partial charge in [-0.05, 0) is 42.2 Å². The number of guanidine groups is 1. The first-order valence-corrected chi connectivity index (χ1v) is 7.67. The van der Waals surface area contributed by atoms with Gasteiger partial charge in [0.2, 0.25) is 0 Å². The molecule has 0 bridgehead atoms. The number of fused-ring (bicyclic) bond motifs is 1. The molecule has 0 spiro atoms. The first-order chi connectivity index (χ1) is 10.7. The van der Waals surface area contributed by atoms with Gasteiger partial charge in [0.15, 0.2) is 5.96 Å². The van der Waals surface area contributed by atoms with Crippen LogP contribution in [0.25, 0.3) is 0 Å². The van der Waals surface area contributed by atoms with Crippen molar-refractivity contribution in [2.45, 2.75) is 19.4 Å². The highest BCUT2D eigenvalue weighted by Gasteiger charge is 2.13. The van der Waals surface area contributed by atoms with Crippen LogP contribution in [0.5, 0.6) is 0 Å². The average Bonchev–Trinajstić information content (AvgIpc) is 2.54. The summed E-state index contributed by atoms with van der Waals surface area (Å²) >= 11 is 0. The molecule has 0 fully saturated rings. The molecule has 0 saturated heterocycles. The van der Waals surface area contributed by atoms with Crippen LogP contribution in [0.3, 0.4) is 0 Å². The molecule has 122 valence electrons. The zero-order valence-electron chi connectivity index (χ0n) is 13.3. The van der Waals surface area contributed by atoms with Gasteiger partial charge in [-0.15, -0.1) is 24.0 Å². The quantitative estimate of drug-likeness (QED) is 0.452. The van der Waals surface area contributed by atoms with Gasteiger partial charge in [-0.1, -0.05) is 30.3 Å². The maximum Gasteiger partial charge on any atom is 0.193 e. The molecule has 2 aromatic rings. The number of nitrogens with zero attached hydrogens (tertiary/aromatic N) is 2. The van der Waals surface area contributed by atoms with Crippen LogP contribution < -0.4 is 16.0 Å². The van der Waals surface area contributed by atoms with Crippen LogP contribution in [0.2, 0.25) is 0 Å². The number of aryl methyl sites for hydroxylation is 1. The fourth-order valence-electron chi connectivity index (χ4n) is 2.82. The lowest BCUT2D eigenvalue weighted by Crippen LogP contribution is -2.24. The number of hydrogen-bond donors (Lipinski definition) is 2. The molecule has 2 aromatic carbocycles. The molecule has 0 aromatic heterocycles. The highest BCUT2D eigenvalue weighted by atomic mass is 127. The second kappa shape index (κ2) is 8.19. The summed E-state index contributed by atoms with van der Waals surface area (Å²) in [5.41, 5.74) is 10.9. The number of benzene rings is 2. The second-order valence-corrected chi connectivity index (χ2v) is 5.68. The van der Waals surface area contributed by atoms with Gasteiger partial charge in [0, 0.05) is 25.0 Å². The van der Waals surface area contributed by atoms with E-state index in [4.69, 9.17) is 5.73 Å². The Morgan fingerprint density at radius 1 is 1.22 bits per heavy atom. The minimum atomic E-state index is 0. The standard InChI is InChI=1S/C18H22N4.HI/c1-22-11-5-6-15-12-14(9-10-17(15)22)13-20-18(19)21-16-7-3-2-4-8-16;/h2-4,7-10,12H,5-6,11,13H2,1H3,(H3,19,20,21);1H. The SMILES string of the molecule is CN1CCCc2cc(CN=C(N)Nc3ccccc3)ccc21.I. The van der Waals surface area contributed by atoms with Crippen LogP contribution in [0.15, 0.2) is 53.5 Å². The predicted molar refractivity (Wildman–Crippen MR) is 109 cm³/mol. The summed E-state index contributed by atoms with van der Waals surface area (Å²) in [5.74, 6) is 0.445.